The van der Waals surface area contributed by atoms with Gasteiger partial charge in [0.25, 0.3) is 0 Å². The van der Waals surface area contributed by atoms with Gasteiger partial charge in [-0.3, -0.25) is 0 Å². The topological polar surface area (TPSA) is 50.3 Å². The molecule has 0 saturated heterocycles. The molecule has 0 bridgehead atoms. The number of hydrogen-bond donors (Lipinski definition) is 0. The van der Waals surface area contributed by atoms with Gasteiger partial charge in [0.1, 0.15) is 0 Å². The fourth-order valence-corrected chi connectivity index (χ4v) is 3.07. The Hall–Kier alpha value is -0.950. The van der Waals surface area contributed by atoms with Crippen molar-refractivity contribution < 1.29 is 8.42 Å². The van der Waals surface area contributed by atoms with Crippen LogP contribution >= 0.6 is 22.9 Å². The van der Waals surface area contributed by atoms with E-state index in [1.54, 1.807) is 24.3 Å². The van der Waals surface area contributed by atoms with Crippen molar-refractivity contribution >= 4 is 33.0 Å². The Bertz CT molecular complexity index is 648. The third kappa shape index (κ3) is 2.56. The Labute approximate surface area is 115 Å². The number of hydrogen-bond acceptors (Lipinski definition) is 4. The molecule has 4 nitrogen and oxygen atoms in total. The maximum atomic E-state index is 11.9. The zero-order valence-electron chi connectivity index (χ0n) is 9.79. The van der Waals surface area contributed by atoms with Crippen LogP contribution in [0.15, 0.2) is 34.5 Å². The van der Waals surface area contributed by atoms with Crippen LogP contribution in [-0.4, -0.2) is 31.8 Å². The fourth-order valence-electron chi connectivity index (χ4n) is 1.39. The van der Waals surface area contributed by atoms with Crippen molar-refractivity contribution in [2.24, 2.45) is 0 Å². The molecule has 96 valence electrons. The summed E-state index contributed by atoms with van der Waals surface area (Å²) in [6.07, 6.45) is 0. The molecule has 0 N–H and O–H groups in total. The van der Waals surface area contributed by atoms with E-state index in [0.29, 0.717) is 4.47 Å². The van der Waals surface area contributed by atoms with Crippen LogP contribution in [0, 0.1) is 0 Å². The Kier molecular flexibility index (Phi) is 3.72. The smallest absolute Gasteiger partial charge is 0.225 e. The van der Waals surface area contributed by atoms with Gasteiger partial charge in [-0.25, -0.2) is 17.7 Å². The van der Waals surface area contributed by atoms with Gasteiger partial charge in [0, 0.05) is 25.0 Å². The molecule has 0 radical (unpaired) electrons. The number of benzene rings is 1. The quantitative estimate of drug-likeness (QED) is 0.876. The zero-order chi connectivity index (χ0) is 13.3. The summed E-state index contributed by atoms with van der Waals surface area (Å²) in [5, 5.41) is 1.83. The van der Waals surface area contributed by atoms with E-state index in [4.69, 9.17) is 11.6 Å². The van der Waals surface area contributed by atoms with E-state index in [1.165, 1.54) is 29.7 Å². The van der Waals surface area contributed by atoms with Crippen LogP contribution in [0.3, 0.4) is 0 Å². The molecule has 0 amide bonds. The first-order chi connectivity index (χ1) is 8.41. The van der Waals surface area contributed by atoms with Crippen molar-refractivity contribution in [3.05, 3.63) is 34.1 Å². The van der Waals surface area contributed by atoms with E-state index in [-0.39, 0.29) is 4.90 Å². The fraction of sp³-hybridized carbons (Fsp3) is 0.182. The average Bonchev–Trinajstić information content (AvgIpc) is 2.76. The minimum Gasteiger partial charge on any atom is -0.225 e. The molecule has 1 aromatic heterocycles. The largest absolute Gasteiger partial charge is 0.242 e. The van der Waals surface area contributed by atoms with Gasteiger partial charge < -0.3 is 0 Å². The molecule has 1 heterocycles. The molecule has 2 aromatic rings. The van der Waals surface area contributed by atoms with E-state index in [2.05, 4.69) is 4.98 Å². The lowest BCUT2D eigenvalue weighted by Gasteiger charge is -2.11. The lowest BCUT2D eigenvalue weighted by atomic mass is 10.2. The molecule has 0 unspecified atom stereocenters. The first-order valence-corrected chi connectivity index (χ1v) is 7.75. The summed E-state index contributed by atoms with van der Waals surface area (Å²) in [5.74, 6) is 0. The molecule has 2 rings (SSSR count). The molecule has 0 fully saturated rings. The highest BCUT2D eigenvalue weighted by Gasteiger charge is 2.16. The molecule has 7 heteroatoms. The van der Waals surface area contributed by atoms with Crippen molar-refractivity contribution in [2.45, 2.75) is 4.90 Å². The molecule has 0 atom stereocenters. The van der Waals surface area contributed by atoms with Crippen molar-refractivity contribution in [2.75, 3.05) is 14.1 Å². The van der Waals surface area contributed by atoms with Gasteiger partial charge in [-0.05, 0) is 12.1 Å². The molecule has 0 aliphatic heterocycles. The summed E-state index contributed by atoms with van der Waals surface area (Å²) in [4.78, 5) is 4.39. The molecular weight excluding hydrogens is 292 g/mol. The van der Waals surface area contributed by atoms with Crippen LogP contribution in [0.1, 0.15) is 0 Å². The van der Waals surface area contributed by atoms with Gasteiger partial charge in [0.15, 0.2) is 4.47 Å². The summed E-state index contributed by atoms with van der Waals surface area (Å²) >= 11 is 7.10. The zero-order valence-corrected chi connectivity index (χ0v) is 12.2. The Morgan fingerprint density at radius 3 is 2.28 bits per heavy atom. The monoisotopic (exact) mass is 302 g/mol. The summed E-state index contributed by atoms with van der Waals surface area (Å²) in [6.45, 7) is 0. The highest BCUT2D eigenvalue weighted by Crippen LogP contribution is 2.25. The van der Waals surface area contributed by atoms with Gasteiger partial charge in [0.2, 0.25) is 10.0 Å². The summed E-state index contributed by atoms with van der Waals surface area (Å²) < 4.78 is 25.4. The number of rotatable bonds is 3. The van der Waals surface area contributed by atoms with Crippen LogP contribution in [0.25, 0.3) is 11.3 Å². The predicted octanol–water partition coefficient (Wildman–Crippen LogP) is 2.71. The molecule has 0 aliphatic rings. The first-order valence-electron chi connectivity index (χ1n) is 5.05. The van der Waals surface area contributed by atoms with Gasteiger partial charge in [0.05, 0.1) is 10.6 Å². The van der Waals surface area contributed by atoms with E-state index in [0.717, 1.165) is 11.3 Å². The molecular formula is C11H11ClN2O2S2. The lowest BCUT2D eigenvalue weighted by molar-refractivity contribution is 0.521. The SMILES string of the molecule is CN(C)S(=O)(=O)c1ccc(-c2csc(Cl)n2)cc1. The van der Waals surface area contributed by atoms with Crippen LogP contribution in [0.5, 0.6) is 0 Å². The van der Waals surface area contributed by atoms with Crippen LogP contribution in [-0.2, 0) is 10.0 Å². The molecule has 18 heavy (non-hydrogen) atoms. The van der Waals surface area contributed by atoms with Crippen LogP contribution in [0.2, 0.25) is 4.47 Å². The minimum absolute atomic E-state index is 0.262. The second-order valence-electron chi connectivity index (χ2n) is 3.80. The summed E-state index contributed by atoms with van der Waals surface area (Å²) in [6, 6.07) is 6.58. The number of sulfonamides is 1. The number of thiazole rings is 1. The first kappa shape index (κ1) is 13.5. The Morgan fingerprint density at radius 2 is 1.83 bits per heavy atom. The lowest BCUT2D eigenvalue weighted by Crippen LogP contribution is -2.22. The number of aromatic nitrogens is 1. The second kappa shape index (κ2) is 4.97. The number of halogens is 1. The summed E-state index contributed by atoms with van der Waals surface area (Å²) in [5.41, 5.74) is 1.59. The molecule has 1 aromatic carbocycles. The van der Waals surface area contributed by atoms with Gasteiger partial charge in [-0.1, -0.05) is 23.7 Å². The standard InChI is InChI=1S/C11H11ClN2O2S2/c1-14(2)18(15,16)9-5-3-8(4-6-9)10-7-17-11(12)13-10/h3-7H,1-2H3. The van der Waals surface area contributed by atoms with Crippen molar-refractivity contribution in [1.82, 2.24) is 9.29 Å². The van der Waals surface area contributed by atoms with Crippen LogP contribution < -0.4 is 0 Å². The van der Waals surface area contributed by atoms with Gasteiger partial charge in [-0.2, -0.15) is 0 Å². The predicted molar refractivity (Wildman–Crippen MR) is 73.4 cm³/mol. The number of nitrogens with zero attached hydrogens (tertiary/aromatic N) is 2. The van der Waals surface area contributed by atoms with E-state index in [1.807, 2.05) is 5.38 Å². The van der Waals surface area contributed by atoms with Crippen molar-refractivity contribution in [3.63, 3.8) is 0 Å². The van der Waals surface area contributed by atoms with E-state index in [9.17, 15) is 8.42 Å². The summed E-state index contributed by atoms with van der Waals surface area (Å²) in [7, 11) is -0.374. The van der Waals surface area contributed by atoms with E-state index < -0.39 is 10.0 Å². The average molecular weight is 303 g/mol. The maximum absolute atomic E-state index is 11.9. The third-order valence-corrected chi connectivity index (χ3v) is 5.21. The van der Waals surface area contributed by atoms with Crippen molar-refractivity contribution in [1.29, 1.82) is 0 Å². The normalized spacial score (nSPS) is 12.0. The van der Waals surface area contributed by atoms with Crippen LogP contribution in [0.4, 0.5) is 0 Å². The molecule has 0 aliphatic carbocycles. The van der Waals surface area contributed by atoms with Gasteiger partial charge >= 0.3 is 0 Å². The molecule has 0 saturated carbocycles. The highest BCUT2D eigenvalue weighted by atomic mass is 35.5. The Balaban J connectivity index is 2.37. The third-order valence-electron chi connectivity index (χ3n) is 2.40. The second-order valence-corrected chi connectivity index (χ2v) is 7.39. The van der Waals surface area contributed by atoms with E-state index >= 15 is 0 Å². The van der Waals surface area contributed by atoms with Gasteiger partial charge in [-0.15, -0.1) is 11.3 Å². The minimum atomic E-state index is -3.38. The maximum Gasteiger partial charge on any atom is 0.242 e. The molecule has 0 spiro atoms. The highest BCUT2D eigenvalue weighted by molar-refractivity contribution is 7.89. The Morgan fingerprint density at radius 1 is 1.22 bits per heavy atom. The van der Waals surface area contributed by atoms with Crippen molar-refractivity contribution in [3.8, 4) is 11.3 Å².